The summed E-state index contributed by atoms with van der Waals surface area (Å²) in [5, 5.41) is 0.532. The van der Waals surface area contributed by atoms with E-state index in [9.17, 15) is 8.78 Å². The van der Waals surface area contributed by atoms with Gasteiger partial charge in [0.2, 0.25) is 0 Å². The lowest BCUT2D eigenvalue weighted by molar-refractivity contribution is 0.598. The van der Waals surface area contributed by atoms with E-state index < -0.39 is 11.6 Å². The largest absolute Gasteiger partial charge is 0.281 e. The number of nitrogens with zero attached hydrogens (tertiary/aromatic N) is 1. The molecule has 76 valence electrons. The van der Waals surface area contributed by atoms with E-state index in [1.54, 1.807) is 7.05 Å². The first-order chi connectivity index (χ1) is 6.69. The minimum atomic E-state index is -0.445. The summed E-state index contributed by atoms with van der Waals surface area (Å²) in [6.07, 6.45) is 0. The molecule has 0 aliphatic carbocycles. The molecule has 0 atom stereocenters. The molecule has 0 radical (unpaired) electrons. The van der Waals surface area contributed by atoms with Crippen LogP contribution >= 0.6 is 11.8 Å². The van der Waals surface area contributed by atoms with Gasteiger partial charge >= 0.3 is 0 Å². The van der Waals surface area contributed by atoms with Gasteiger partial charge in [-0.1, -0.05) is 6.92 Å². The Morgan fingerprint density at radius 3 is 2.71 bits per heavy atom. The zero-order valence-electron chi connectivity index (χ0n) is 8.05. The molecule has 1 aromatic carbocycles. The van der Waals surface area contributed by atoms with Gasteiger partial charge in [-0.15, -0.1) is 11.8 Å². The lowest BCUT2D eigenvalue weighted by atomic mass is 10.2. The van der Waals surface area contributed by atoms with Gasteiger partial charge in [0.05, 0.1) is 0 Å². The summed E-state index contributed by atoms with van der Waals surface area (Å²) in [7, 11) is 1.57. The Kier molecular flexibility index (Phi) is 4.07. The van der Waals surface area contributed by atoms with E-state index in [0.29, 0.717) is 5.04 Å². The van der Waals surface area contributed by atoms with Gasteiger partial charge in [0.25, 0.3) is 0 Å². The summed E-state index contributed by atoms with van der Waals surface area (Å²) in [4.78, 5) is 3.92. The van der Waals surface area contributed by atoms with Crippen LogP contribution in [0.2, 0.25) is 0 Å². The van der Waals surface area contributed by atoms with Gasteiger partial charge in [0, 0.05) is 12.6 Å². The number of hydrogen-bond acceptors (Lipinski definition) is 2. The first-order valence-electron chi connectivity index (χ1n) is 4.24. The van der Waals surface area contributed by atoms with Crippen LogP contribution in [0.5, 0.6) is 0 Å². The van der Waals surface area contributed by atoms with Crippen molar-refractivity contribution in [3.8, 4) is 0 Å². The predicted molar refractivity (Wildman–Crippen MR) is 57.0 cm³/mol. The average Bonchev–Trinajstić information content (AvgIpc) is 2.18. The van der Waals surface area contributed by atoms with Crippen LogP contribution < -0.4 is 0 Å². The van der Waals surface area contributed by atoms with E-state index >= 15 is 0 Å². The molecular formula is C10H11F2NS. The average molecular weight is 215 g/mol. The summed E-state index contributed by atoms with van der Waals surface area (Å²) in [5.41, 5.74) is 0.236. The minimum absolute atomic E-state index is 0.236. The molecule has 14 heavy (non-hydrogen) atoms. The first-order valence-corrected chi connectivity index (χ1v) is 5.22. The Morgan fingerprint density at radius 1 is 1.43 bits per heavy atom. The summed E-state index contributed by atoms with van der Waals surface area (Å²) in [5.74, 6) is -0.102. The Morgan fingerprint density at radius 2 is 2.14 bits per heavy atom. The number of thioether (sulfide) groups is 1. The van der Waals surface area contributed by atoms with Gasteiger partial charge < -0.3 is 0 Å². The van der Waals surface area contributed by atoms with Crippen molar-refractivity contribution < 1.29 is 8.78 Å². The van der Waals surface area contributed by atoms with E-state index in [1.165, 1.54) is 17.8 Å². The van der Waals surface area contributed by atoms with Crippen molar-refractivity contribution in [3.63, 3.8) is 0 Å². The smallest absolute Gasteiger partial charge is 0.133 e. The molecule has 0 spiro atoms. The van der Waals surface area contributed by atoms with Crippen LogP contribution in [0, 0.1) is 11.6 Å². The summed E-state index contributed by atoms with van der Waals surface area (Å²) < 4.78 is 26.1. The number of rotatable bonds is 2. The number of aliphatic imine (C=N–C) groups is 1. The van der Waals surface area contributed by atoms with E-state index in [2.05, 4.69) is 4.99 Å². The third-order valence-corrected chi connectivity index (χ3v) is 2.61. The Hall–Kier alpha value is -0.900. The van der Waals surface area contributed by atoms with Crippen LogP contribution in [-0.4, -0.2) is 17.8 Å². The zero-order chi connectivity index (χ0) is 10.6. The van der Waals surface area contributed by atoms with Crippen LogP contribution in [-0.2, 0) is 0 Å². The Balaban J connectivity index is 3.09. The second-order valence-corrected chi connectivity index (χ2v) is 3.84. The molecule has 0 N–H and O–H groups in total. The standard InChI is InChI=1S/C10H11F2NS/c1-3-14-10(13-2)8-6-7(11)4-5-9(8)12/h4-6H,3H2,1-2H3. The molecule has 0 bridgehead atoms. The molecule has 0 aliphatic heterocycles. The Bertz CT molecular complexity index is 350. The lowest BCUT2D eigenvalue weighted by Gasteiger charge is -2.05. The third-order valence-electron chi connectivity index (χ3n) is 1.64. The molecule has 4 heteroatoms. The zero-order valence-corrected chi connectivity index (χ0v) is 8.87. The number of halogens is 2. The molecule has 1 rings (SSSR count). The van der Waals surface area contributed by atoms with Crippen molar-refractivity contribution >= 4 is 16.8 Å². The predicted octanol–water partition coefficient (Wildman–Crippen LogP) is 3.09. The van der Waals surface area contributed by atoms with Crippen molar-refractivity contribution in [2.75, 3.05) is 12.8 Å². The van der Waals surface area contributed by atoms with Gasteiger partial charge in [0.15, 0.2) is 0 Å². The van der Waals surface area contributed by atoms with E-state index in [0.717, 1.165) is 17.9 Å². The number of hydrogen-bond donors (Lipinski definition) is 0. The fourth-order valence-corrected chi connectivity index (χ4v) is 1.78. The molecule has 0 fully saturated rings. The van der Waals surface area contributed by atoms with Crippen molar-refractivity contribution in [1.82, 2.24) is 0 Å². The highest BCUT2D eigenvalue weighted by atomic mass is 32.2. The third kappa shape index (κ3) is 2.54. The van der Waals surface area contributed by atoms with Gasteiger partial charge in [-0.3, -0.25) is 4.99 Å². The second kappa shape index (κ2) is 5.10. The van der Waals surface area contributed by atoms with Gasteiger partial charge in [0.1, 0.15) is 16.7 Å². The van der Waals surface area contributed by atoms with E-state index in [4.69, 9.17) is 0 Å². The molecule has 0 saturated heterocycles. The molecule has 0 heterocycles. The van der Waals surface area contributed by atoms with Crippen LogP contribution in [0.15, 0.2) is 23.2 Å². The van der Waals surface area contributed by atoms with Crippen LogP contribution in [0.1, 0.15) is 12.5 Å². The van der Waals surface area contributed by atoms with Crippen molar-refractivity contribution in [1.29, 1.82) is 0 Å². The molecule has 0 aliphatic rings. The van der Waals surface area contributed by atoms with Crippen molar-refractivity contribution in [3.05, 3.63) is 35.4 Å². The molecule has 0 amide bonds. The van der Waals surface area contributed by atoms with Crippen molar-refractivity contribution in [2.45, 2.75) is 6.92 Å². The topological polar surface area (TPSA) is 12.4 Å². The monoisotopic (exact) mass is 215 g/mol. The van der Waals surface area contributed by atoms with E-state index in [1.807, 2.05) is 6.92 Å². The lowest BCUT2D eigenvalue weighted by Crippen LogP contribution is -2.00. The number of benzene rings is 1. The molecule has 1 aromatic rings. The summed E-state index contributed by atoms with van der Waals surface area (Å²) in [6, 6.07) is 3.38. The molecular weight excluding hydrogens is 204 g/mol. The van der Waals surface area contributed by atoms with Gasteiger partial charge in [-0.2, -0.15) is 0 Å². The van der Waals surface area contributed by atoms with Gasteiger partial charge in [-0.25, -0.2) is 8.78 Å². The molecule has 0 aromatic heterocycles. The van der Waals surface area contributed by atoms with E-state index in [-0.39, 0.29) is 5.56 Å². The molecule has 0 unspecified atom stereocenters. The van der Waals surface area contributed by atoms with Crippen LogP contribution in [0.3, 0.4) is 0 Å². The fraction of sp³-hybridized carbons (Fsp3) is 0.300. The first kappa shape index (κ1) is 11.2. The van der Waals surface area contributed by atoms with Crippen LogP contribution in [0.4, 0.5) is 8.78 Å². The highest BCUT2D eigenvalue weighted by Crippen LogP contribution is 2.17. The normalized spacial score (nSPS) is 11.9. The molecule has 1 nitrogen and oxygen atoms in total. The SMILES string of the molecule is CCSC(=NC)c1cc(F)ccc1F. The quantitative estimate of drug-likeness (QED) is 0.545. The maximum Gasteiger partial charge on any atom is 0.133 e. The minimum Gasteiger partial charge on any atom is -0.281 e. The highest BCUT2D eigenvalue weighted by Gasteiger charge is 2.09. The summed E-state index contributed by atoms with van der Waals surface area (Å²) >= 11 is 1.40. The Labute approximate surface area is 86.2 Å². The fourth-order valence-electron chi connectivity index (χ4n) is 1.06. The van der Waals surface area contributed by atoms with Crippen molar-refractivity contribution in [2.24, 2.45) is 4.99 Å². The summed E-state index contributed by atoms with van der Waals surface area (Å²) in [6.45, 7) is 1.94. The second-order valence-electron chi connectivity index (χ2n) is 2.59. The maximum atomic E-state index is 13.3. The van der Waals surface area contributed by atoms with Crippen LogP contribution in [0.25, 0.3) is 0 Å². The maximum absolute atomic E-state index is 13.3. The molecule has 0 saturated carbocycles. The van der Waals surface area contributed by atoms with Gasteiger partial charge in [-0.05, 0) is 24.0 Å². The highest BCUT2D eigenvalue weighted by molar-refractivity contribution is 8.14.